The molecule has 0 spiro atoms. The van der Waals surface area contributed by atoms with Gasteiger partial charge in [0.05, 0.1) is 0 Å². The fraction of sp³-hybridized carbons (Fsp3) is 0.250. The van der Waals surface area contributed by atoms with Gasteiger partial charge in [0.15, 0.2) is 0 Å². The second-order valence-corrected chi connectivity index (χ2v) is 3.70. The van der Waals surface area contributed by atoms with E-state index in [4.69, 9.17) is 0 Å². The van der Waals surface area contributed by atoms with Gasteiger partial charge < -0.3 is 0 Å². The molecule has 0 unspecified atom stereocenters. The average molecular weight is 196 g/mol. The molecule has 1 rings (SSSR count). The Morgan fingerprint density at radius 2 is 2.00 bits per heavy atom. The van der Waals surface area contributed by atoms with Crippen molar-refractivity contribution < 1.29 is 3.74 Å². The molecule has 0 atom stereocenters. The van der Waals surface area contributed by atoms with Gasteiger partial charge in [-0.2, -0.15) is 0 Å². The Bertz CT molecular complexity index is 255. The van der Waals surface area contributed by atoms with Gasteiger partial charge in [-0.25, -0.2) is 0 Å². The van der Waals surface area contributed by atoms with Gasteiger partial charge in [-0.3, -0.25) is 0 Å². The third-order valence-electron chi connectivity index (χ3n) is 1.67. The standard InChI is InChI=1S/C8H9AsO/c1-6-4-3-5-8(9-10)7(6)2/h3-5H,1-2H3. The van der Waals surface area contributed by atoms with Crippen LogP contribution in [0, 0.1) is 13.8 Å². The predicted molar refractivity (Wildman–Crippen MR) is 42.0 cm³/mol. The van der Waals surface area contributed by atoms with E-state index in [0.29, 0.717) is 0 Å². The van der Waals surface area contributed by atoms with Gasteiger partial charge in [0, 0.05) is 0 Å². The van der Waals surface area contributed by atoms with Crippen molar-refractivity contribution in [3.63, 3.8) is 0 Å². The maximum absolute atomic E-state index is 10.6. The third-order valence-corrected chi connectivity index (χ3v) is 3.10. The number of rotatable bonds is 1. The summed E-state index contributed by atoms with van der Waals surface area (Å²) < 4.78 is 11.6. The molecule has 0 N–H and O–H groups in total. The van der Waals surface area contributed by atoms with Gasteiger partial charge in [0.25, 0.3) is 0 Å². The Balaban J connectivity index is 3.27. The first-order valence-electron chi connectivity index (χ1n) is 3.15. The molecule has 0 heterocycles. The van der Waals surface area contributed by atoms with Crippen LogP contribution in [0.2, 0.25) is 0 Å². The quantitative estimate of drug-likeness (QED) is 0.612. The summed E-state index contributed by atoms with van der Waals surface area (Å²) in [5.41, 5.74) is 2.40. The zero-order chi connectivity index (χ0) is 7.56. The summed E-state index contributed by atoms with van der Waals surface area (Å²) >= 11 is -0.850. The fourth-order valence-corrected chi connectivity index (χ4v) is 1.80. The minimum atomic E-state index is -0.850. The molecule has 1 aromatic carbocycles. The van der Waals surface area contributed by atoms with E-state index in [0.717, 1.165) is 4.35 Å². The molecule has 0 bridgehead atoms. The molecule has 0 radical (unpaired) electrons. The van der Waals surface area contributed by atoms with E-state index < -0.39 is 15.7 Å². The van der Waals surface area contributed by atoms with Crippen LogP contribution in [0.25, 0.3) is 0 Å². The number of benzene rings is 1. The zero-order valence-corrected chi connectivity index (χ0v) is 7.96. The SMILES string of the molecule is Cc1cccc([As]=O)c1C. The van der Waals surface area contributed by atoms with E-state index in [9.17, 15) is 3.74 Å². The Morgan fingerprint density at radius 1 is 1.30 bits per heavy atom. The molecule has 0 fully saturated rings. The molecule has 0 amide bonds. The molecule has 0 aromatic heterocycles. The van der Waals surface area contributed by atoms with Crippen molar-refractivity contribution in [1.82, 2.24) is 0 Å². The molecular formula is C8H9AsO. The van der Waals surface area contributed by atoms with E-state index in [1.165, 1.54) is 11.1 Å². The van der Waals surface area contributed by atoms with E-state index in [1.807, 2.05) is 32.0 Å². The van der Waals surface area contributed by atoms with Crippen molar-refractivity contribution in [3.8, 4) is 0 Å². The van der Waals surface area contributed by atoms with Crippen molar-refractivity contribution in [2.45, 2.75) is 13.8 Å². The van der Waals surface area contributed by atoms with E-state index >= 15 is 0 Å². The normalized spacial score (nSPS) is 10.2. The van der Waals surface area contributed by atoms with Crippen LogP contribution in [0.5, 0.6) is 0 Å². The Hall–Kier alpha value is -0.422. The van der Waals surface area contributed by atoms with Crippen molar-refractivity contribution in [2.75, 3.05) is 0 Å². The Morgan fingerprint density at radius 3 is 2.50 bits per heavy atom. The van der Waals surface area contributed by atoms with Crippen LogP contribution in [0.15, 0.2) is 18.2 Å². The molecule has 0 aliphatic heterocycles. The summed E-state index contributed by atoms with van der Waals surface area (Å²) in [7, 11) is 0. The zero-order valence-electron chi connectivity index (χ0n) is 6.09. The summed E-state index contributed by atoms with van der Waals surface area (Å²) in [6, 6.07) is 5.91. The van der Waals surface area contributed by atoms with Crippen molar-refractivity contribution in [3.05, 3.63) is 29.3 Å². The summed E-state index contributed by atoms with van der Waals surface area (Å²) in [5.74, 6) is 0. The second-order valence-electron chi connectivity index (χ2n) is 2.31. The van der Waals surface area contributed by atoms with Crippen LogP contribution in [0.3, 0.4) is 0 Å². The van der Waals surface area contributed by atoms with Crippen LogP contribution in [-0.4, -0.2) is 15.7 Å². The molecule has 10 heavy (non-hydrogen) atoms. The van der Waals surface area contributed by atoms with Crippen LogP contribution in [0.1, 0.15) is 11.1 Å². The number of hydrogen-bond acceptors (Lipinski definition) is 1. The minimum absolute atomic E-state index is 0.850. The van der Waals surface area contributed by atoms with Crippen molar-refractivity contribution in [1.29, 1.82) is 0 Å². The topological polar surface area (TPSA) is 17.1 Å². The summed E-state index contributed by atoms with van der Waals surface area (Å²) in [6.45, 7) is 4.05. The van der Waals surface area contributed by atoms with E-state index in [-0.39, 0.29) is 0 Å². The van der Waals surface area contributed by atoms with E-state index in [1.54, 1.807) is 0 Å². The molecule has 0 saturated heterocycles. The van der Waals surface area contributed by atoms with Gasteiger partial charge in [-0.1, -0.05) is 0 Å². The first-order valence-corrected chi connectivity index (χ1v) is 4.85. The van der Waals surface area contributed by atoms with Crippen molar-refractivity contribution in [2.24, 2.45) is 0 Å². The second kappa shape index (κ2) is 3.11. The molecule has 0 aliphatic carbocycles. The van der Waals surface area contributed by atoms with Crippen LogP contribution in [-0.2, 0) is 3.74 Å². The van der Waals surface area contributed by atoms with Gasteiger partial charge in [0.2, 0.25) is 0 Å². The molecule has 0 aliphatic rings. The molecule has 1 aromatic rings. The van der Waals surface area contributed by atoms with Crippen LogP contribution in [0.4, 0.5) is 0 Å². The molecule has 52 valence electrons. The van der Waals surface area contributed by atoms with Crippen LogP contribution >= 0.6 is 0 Å². The molecule has 0 saturated carbocycles. The first kappa shape index (κ1) is 7.68. The summed E-state index contributed by atoms with van der Waals surface area (Å²) in [4.78, 5) is 0. The number of aryl methyl sites for hydroxylation is 1. The summed E-state index contributed by atoms with van der Waals surface area (Å²) in [6.07, 6.45) is 0. The molecule has 1 nitrogen and oxygen atoms in total. The monoisotopic (exact) mass is 196 g/mol. The predicted octanol–water partition coefficient (Wildman–Crippen LogP) is 0.978. The van der Waals surface area contributed by atoms with E-state index in [2.05, 4.69) is 0 Å². The molecular weight excluding hydrogens is 187 g/mol. The fourth-order valence-electron chi connectivity index (χ4n) is 0.835. The van der Waals surface area contributed by atoms with Gasteiger partial charge in [-0.05, 0) is 0 Å². The van der Waals surface area contributed by atoms with Crippen LogP contribution < -0.4 is 4.35 Å². The van der Waals surface area contributed by atoms with Crippen molar-refractivity contribution >= 4 is 20.0 Å². The molecule has 2 heteroatoms. The Kier molecular flexibility index (Phi) is 2.39. The van der Waals surface area contributed by atoms with Gasteiger partial charge in [-0.15, -0.1) is 0 Å². The maximum atomic E-state index is 10.6. The Labute approximate surface area is 67.4 Å². The third kappa shape index (κ3) is 1.35. The van der Waals surface area contributed by atoms with Gasteiger partial charge in [0.1, 0.15) is 0 Å². The summed E-state index contributed by atoms with van der Waals surface area (Å²) in [5, 5.41) is 0. The average Bonchev–Trinajstić information content (AvgIpc) is 1.95. The first-order chi connectivity index (χ1) is 4.75. The number of hydrogen-bond donors (Lipinski definition) is 0. The van der Waals surface area contributed by atoms with Gasteiger partial charge >= 0.3 is 67.0 Å².